The number of aryl methyl sites for hydroxylation is 1. The molecule has 0 bridgehead atoms. The molecule has 0 aliphatic carbocycles. The molecule has 0 fully saturated rings. The van der Waals surface area contributed by atoms with E-state index in [2.05, 4.69) is 4.98 Å². The van der Waals surface area contributed by atoms with Crippen molar-refractivity contribution in [1.29, 1.82) is 0 Å². The Morgan fingerprint density at radius 1 is 1.69 bits per heavy atom. The zero-order valence-electron chi connectivity index (χ0n) is 6.72. The topological polar surface area (TPSA) is 93.3 Å². The highest BCUT2D eigenvalue weighted by molar-refractivity contribution is 5.93. The largest absolute Gasteiger partial charge is 0.477 e. The van der Waals surface area contributed by atoms with Crippen molar-refractivity contribution in [3.8, 4) is 0 Å². The van der Waals surface area contributed by atoms with E-state index in [1.807, 2.05) is 0 Å². The first kappa shape index (κ1) is 9.11. The van der Waals surface area contributed by atoms with Gasteiger partial charge in [0.15, 0.2) is 5.56 Å². The number of aromatic nitrogens is 1. The maximum absolute atomic E-state index is 10.6. The molecule has 0 aliphatic rings. The molecule has 0 radical (unpaired) electrons. The van der Waals surface area contributed by atoms with Crippen molar-refractivity contribution >= 4 is 11.8 Å². The molecule has 1 heterocycles. The third-order valence-electron chi connectivity index (χ3n) is 1.53. The molecule has 0 aromatic carbocycles. The van der Waals surface area contributed by atoms with Gasteiger partial charge in [0, 0.05) is 0 Å². The smallest absolute Gasteiger partial charge is 0.378 e. The van der Waals surface area contributed by atoms with Crippen molar-refractivity contribution in [1.82, 2.24) is 4.98 Å². The SMILES string of the molecule is Cc1ccnc([N+](=O)[O-])c1C(=O)O. The average Bonchev–Trinajstić information content (AvgIpc) is 2.02. The Hall–Kier alpha value is -1.98. The fraction of sp³-hybridized carbons (Fsp3) is 0.143. The third kappa shape index (κ3) is 1.61. The molecule has 0 aliphatic heterocycles. The van der Waals surface area contributed by atoms with E-state index in [9.17, 15) is 14.9 Å². The van der Waals surface area contributed by atoms with Crippen LogP contribution in [0.25, 0.3) is 0 Å². The lowest BCUT2D eigenvalue weighted by molar-refractivity contribution is -0.389. The molecule has 0 unspecified atom stereocenters. The van der Waals surface area contributed by atoms with Gasteiger partial charge < -0.3 is 15.2 Å². The quantitative estimate of drug-likeness (QED) is 0.543. The zero-order valence-corrected chi connectivity index (χ0v) is 6.72. The monoisotopic (exact) mass is 182 g/mol. The normalized spacial score (nSPS) is 9.62. The van der Waals surface area contributed by atoms with Crippen LogP contribution in [0.3, 0.4) is 0 Å². The Balaban J connectivity index is 3.43. The van der Waals surface area contributed by atoms with Gasteiger partial charge in [-0.25, -0.2) is 4.79 Å². The first-order valence-electron chi connectivity index (χ1n) is 3.37. The summed E-state index contributed by atoms with van der Waals surface area (Å²) in [5, 5.41) is 19.0. The van der Waals surface area contributed by atoms with Gasteiger partial charge in [-0.2, -0.15) is 0 Å². The number of carboxylic acid groups (broad SMARTS) is 1. The maximum atomic E-state index is 10.6. The lowest BCUT2D eigenvalue weighted by Crippen LogP contribution is -2.06. The molecule has 0 saturated carbocycles. The maximum Gasteiger partial charge on any atom is 0.378 e. The summed E-state index contributed by atoms with van der Waals surface area (Å²) in [7, 11) is 0. The van der Waals surface area contributed by atoms with Gasteiger partial charge in [0.25, 0.3) is 0 Å². The molecule has 6 nitrogen and oxygen atoms in total. The summed E-state index contributed by atoms with van der Waals surface area (Å²) in [5.41, 5.74) is -0.0262. The Bertz CT molecular complexity index is 375. The second-order valence-electron chi connectivity index (χ2n) is 2.39. The Labute approximate surface area is 73.0 Å². The molecular formula is C7H6N2O4. The van der Waals surface area contributed by atoms with Crippen LogP contribution in [0.4, 0.5) is 5.82 Å². The second kappa shape index (κ2) is 3.18. The summed E-state index contributed by atoms with van der Waals surface area (Å²) in [5.74, 6) is -1.95. The molecular weight excluding hydrogens is 176 g/mol. The van der Waals surface area contributed by atoms with Gasteiger partial charge in [-0.3, -0.25) is 0 Å². The van der Waals surface area contributed by atoms with Gasteiger partial charge in [0.05, 0.1) is 0 Å². The number of pyridine rings is 1. The molecule has 1 N–H and O–H groups in total. The summed E-state index contributed by atoms with van der Waals surface area (Å²) < 4.78 is 0. The predicted octanol–water partition coefficient (Wildman–Crippen LogP) is 0.996. The molecule has 1 aromatic heterocycles. The van der Waals surface area contributed by atoms with E-state index in [0.29, 0.717) is 5.56 Å². The lowest BCUT2D eigenvalue weighted by Gasteiger charge is -1.99. The molecule has 6 heteroatoms. The summed E-state index contributed by atoms with van der Waals surface area (Å²) in [6, 6.07) is 1.41. The van der Waals surface area contributed by atoms with Crippen molar-refractivity contribution in [3.63, 3.8) is 0 Å². The van der Waals surface area contributed by atoms with Crippen LogP contribution in [0.2, 0.25) is 0 Å². The predicted molar refractivity (Wildman–Crippen MR) is 42.6 cm³/mol. The molecule has 0 spiro atoms. The molecule has 1 rings (SSSR count). The summed E-state index contributed by atoms with van der Waals surface area (Å²) >= 11 is 0. The number of carboxylic acids is 1. The number of aromatic carboxylic acids is 1. The average molecular weight is 182 g/mol. The van der Waals surface area contributed by atoms with E-state index in [1.165, 1.54) is 19.2 Å². The minimum atomic E-state index is -1.34. The van der Waals surface area contributed by atoms with Crippen molar-refractivity contribution < 1.29 is 14.8 Å². The van der Waals surface area contributed by atoms with Gasteiger partial charge in [0.2, 0.25) is 0 Å². The standard InChI is InChI=1S/C7H6N2O4/c1-4-2-3-8-6(9(12)13)5(4)7(10)11/h2-3H,1H3,(H,10,11). The highest BCUT2D eigenvalue weighted by Crippen LogP contribution is 2.18. The van der Waals surface area contributed by atoms with E-state index in [-0.39, 0.29) is 5.56 Å². The van der Waals surface area contributed by atoms with Crippen LogP contribution < -0.4 is 0 Å². The highest BCUT2D eigenvalue weighted by atomic mass is 16.6. The van der Waals surface area contributed by atoms with E-state index >= 15 is 0 Å². The van der Waals surface area contributed by atoms with Crippen molar-refractivity contribution in [3.05, 3.63) is 33.5 Å². The number of carbonyl (C=O) groups is 1. The van der Waals surface area contributed by atoms with Crippen LogP contribution in [0.1, 0.15) is 15.9 Å². The van der Waals surface area contributed by atoms with Gasteiger partial charge in [-0.05, 0) is 28.5 Å². The third-order valence-corrected chi connectivity index (χ3v) is 1.53. The van der Waals surface area contributed by atoms with E-state index in [1.54, 1.807) is 0 Å². The number of hydrogen-bond acceptors (Lipinski definition) is 4. The van der Waals surface area contributed by atoms with Gasteiger partial charge >= 0.3 is 11.8 Å². The molecule has 1 aromatic rings. The number of hydrogen-bond donors (Lipinski definition) is 1. The van der Waals surface area contributed by atoms with E-state index in [4.69, 9.17) is 5.11 Å². The van der Waals surface area contributed by atoms with Crippen molar-refractivity contribution in [2.75, 3.05) is 0 Å². The summed E-state index contributed by atoms with van der Waals surface area (Å²) in [6.45, 7) is 1.48. The molecule has 0 atom stereocenters. The zero-order chi connectivity index (χ0) is 10.0. The van der Waals surface area contributed by atoms with Gasteiger partial charge in [-0.1, -0.05) is 0 Å². The number of nitrogens with zero attached hydrogens (tertiary/aromatic N) is 2. The summed E-state index contributed by atoms with van der Waals surface area (Å²) in [6.07, 6.45) is 1.21. The molecule has 0 saturated heterocycles. The fourth-order valence-electron chi connectivity index (χ4n) is 0.947. The fourth-order valence-corrected chi connectivity index (χ4v) is 0.947. The highest BCUT2D eigenvalue weighted by Gasteiger charge is 2.22. The number of rotatable bonds is 2. The van der Waals surface area contributed by atoms with Crippen molar-refractivity contribution in [2.45, 2.75) is 6.92 Å². The minimum Gasteiger partial charge on any atom is -0.477 e. The van der Waals surface area contributed by atoms with Gasteiger partial charge in [0.1, 0.15) is 6.20 Å². The van der Waals surface area contributed by atoms with Crippen molar-refractivity contribution in [2.24, 2.45) is 0 Å². The molecule has 13 heavy (non-hydrogen) atoms. The van der Waals surface area contributed by atoms with Crippen LogP contribution in [-0.2, 0) is 0 Å². The first-order valence-corrected chi connectivity index (χ1v) is 3.37. The van der Waals surface area contributed by atoms with Crippen LogP contribution >= 0.6 is 0 Å². The van der Waals surface area contributed by atoms with E-state index < -0.39 is 16.7 Å². The number of nitro groups is 1. The van der Waals surface area contributed by atoms with Gasteiger partial charge in [-0.15, -0.1) is 0 Å². The Kier molecular flexibility index (Phi) is 2.23. The second-order valence-corrected chi connectivity index (χ2v) is 2.39. The molecule has 68 valence electrons. The van der Waals surface area contributed by atoms with Crippen LogP contribution in [0.15, 0.2) is 12.3 Å². The van der Waals surface area contributed by atoms with Crippen LogP contribution in [0, 0.1) is 17.0 Å². The molecule has 0 amide bonds. The minimum absolute atomic E-state index is 0.328. The summed E-state index contributed by atoms with van der Waals surface area (Å²) in [4.78, 5) is 23.5. The Morgan fingerprint density at radius 3 is 2.69 bits per heavy atom. The lowest BCUT2D eigenvalue weighted by atomic mass is 10.1. The van der Waals surface area contributed by atoms with Crippen LogP contribution in [-0.4, -0.2) is 21.0 Å². The Morgan fingerprint density at radius 2 is 2.31 bits per heavy atom. The van der Waals surface area contributed by atoms with E-state index in [0.717, 1.165) is 0 Å². The first-order chi connectivity index (χ1) is 6.04. The van der Waals surface area contributed by atoms with Crippen LogP contribution in [0.5, 0.6) is 0 Å².